The second-order valence-corrected chi connectivity index (χ2v) is 5.35. The van der Waals surface area contributed by atoms with Crippen LogP contribution >= 0.6 is 11.8 Å². The van der Waals surface area contributed by atoms with Gasteiger partial charge in [-0.2, -0.15) is 11.8 Å². The minimum atomic E-state index is 0.469. The zero-order chi connectivity index (χ0) is 11.4. The normalized spacial score (nSPS) is 25.3. The van der Waals surface area contributed by atoms with E-state index in [0.717, 1.165) is 11.1 Å². The molecule has 0 spiro atoms. The molecule has 0 radical (unpaired) electrons. The van der Waals surface area contributed by atoms with Gasteiger partial charge in [0.2, 0.25) is 0 Å². The van der Waals surface area contributed by atoms with Crippen molar-refractivity contribution < 1.29 is 0 Å². The van der Waals surface area contributed by atoms with Crippen molar-refractivity contribution in [2.24, 2.45) is 0 Å². The molecule has 0 bridgehead atoms. The number of thioether (sulfide) groups is 1. The molecule has 0 aromatic carbocycles. The third-order valence-electron chi connectivity index (χ3n) is 3.00. The maximum Gasteiger partial charge on any atom is 0.149 e. The van der Waals surface area contributed by atoms with E-state index in [9.17, 15) is 0 Å². The zero-order valence-electron chi connectivity index (χ0n) is 9.52. The molecule has 1 aliphatic rings. The maximum absolute atomic E-state index is 5.50. The summed E-state index contributed by atoms with van der Waals surface area (Å²) >= 11 is 1.97. The number of nitrogen functional groups attached to an aromatic ring is 1. The third-order valence-corrected chi connectivity index (χ3v) is 4.09. The summed E-state index contributed by atoms with van der Waals surface area (Å²) in [4.78, 5) is 0. The van der Waals surface area contributed by atoms with Crippen LogP contribution in [0.25, 0.3) is 0 Å². The van der Waals surface area contributed by atoms with E-state index in [0.29, 0.717) is 11.9 Å². The lowest BCUT2D eigenvalue weighted by Gasteiger charge is -2.28. The highest BCUT2D eigenvalue weighted by Crippen LogP contribution is 2.28. The molecule has 0 aliphatic heterocycles. The van der Waals surface area contributed by atoms with Crippen molar-refractivity contribution in [3.8, 4) is 0 Å². The average Bonchev–Trinajstić information content (AvgIpc) is 2.32. The van der Waals surface area contributed by atoms with Crippen molar-refractivity contribution in [1.82, 2.24) is 10.2 Å². The predicted octanol–water partition coefficient (Wildman–Crippen LogP) is 2.14. The number of nitrogens with two attached hydrogens (primary N) is 1. The van der Waals surface area contributed by atoms with Gasteiger partial charge in [-0.15, -0.1) is 10.2 Å². The van der Waals surface area contributed by atoms with Crippen molar-refractivity contribution in [1.29, 1.82) is 0 Å². The minimum Gasteiger partial charge on any atom is -0.382 e. The maximum atomic E-state index is 5.50. The van der Waals surface area contributed by atoms with Gasteiger partial charge < -0.3 is 11.1 Å². The van der Waals surface area contributed by atoms with Crippen LogP contribution in [0.4, 0.5) is 11.6 Å². The molecule has 1 aromatic rings. The molecule has 2 rings (SSSR count). The van der Waals surface area contributed by atoms with E-state index in [4.69, 9.17) is 5.73 Å². The Bertz CT molecular complexity index is 327. The molecule has 2 atom stereocenters. The highest BCUT2D eigenvalue weighted by Gasteiger charge is 2.21. The Labute approximate surface area is 100 Å². The van der Waals surface area contributed by atoms with E-state index in [-0.39, 0.29) is 0 Å². The van der Waals surface area contributed by atoms with Crippen LogP contribution in [0.2, 0.25) is 0 Å². The van der Waals surface area contributed by atoms with Gasteiger partial charge in [0.1, 0.15) is 11.6 Å². The molecule has 0 saturated heterocycles. The first-order valence-corrected chi connectivity index (χ1v) is 6.95. The van der Waals surface area contributed by atoms with Gasteiger partial charge in [-0.1, -0.05) is 6.42 Å². The number of aromatic nitrogens is 2. The van der Waals surface area contributed by atoms with Gasteiger partial charge >= 0.3 is 0 Å². The molecule has 16 heavy (non-hydrogen) atoms. The zero-order valence-corrected chi connectivity index (χ0v) is 10.3. The fraction of sp³-hybridized carbons (Fsp3) is 0.636. The smallest absolute Gasteiger partial charge is 0.149 e. The quantitative estimate of drug-likeness (QED) is 0.844. The van der Waals surface area contributed by atoms with E-state index >= 15 is 0 Å². The van der Waals surface area contributed by atoms with Crippen molar-refractivity contribution >= 4 is 23.4 Å². The summed E-state index contributed by atoms with van der Waals surface area (Å²) in [7, 11) is 0. The molecule has 2 unspecified atom stereocenters. The van der Waals surface area contributed by atoms with E-state index in [1.165, 1.54) is 25.7 Å². The molecular weight excluding hydrogens is 220 g/mol. The fourth-order valence-corrected chi connectivity index (χ4v) is 2.95. The van der Waals surface area contributed by atoms with Gasteiger partial charge in [-0.3, -0.25) is 0 Å². The van der Waals surface area contributed by atoms with Crippen molar-refractivity contribution in [2.75, 3.05) is 17.3 Å². The van der Waals surface area contributed by atoms with E-state index in [1.807, 2.05) is 17.8 Å². The van der Waals surface area contributed by atoms with Crippen molar-refractivity contribution in [3.63, 3.8) is 0 Å². The SMILES string of the molecule is CSC1CCCC(Nc2ccc(N)nn2)C1. The van der Waals surface area contributed by atoms with E-state index < -0.39 is 0 Å². The second kappa shape index (κ2) is 5.39. The molecule has 1 aromatic heterocycles. The van der Waals surface area contributed by atoms with Gasteiger partial charge in [-0.05, 0) is 37.7 Å². The number of nitrogens with one attached hydrogen (secondary N) is 1. The molecule has 1 fully saturated rings. The first kappa shape index (κ1) is 11.5. The number of hydrogen-bond acceptors (Lipinski definition) is 5. The summed E-state index contributed by atoms with van der Waals surface area (Å²) in [6.07, 6.45) is 7.27. The van der Waals surface area contributed by atoms with Crippen molar-refractivity contribution in [2.45, 2.75) is 37.0 Å². The first-order valence-electron chi connectivity index (χ1n) is 5.66. The molecule has 4 nitrogen and oxygen atoms in total. The van der Waals surface area contributed by atoms with Crippen LogP contribution in [0.3, 0.4) is 0 Å². The Balaban J connectivity index is 1.91. The number of rotatable bonds is 3. The second-order valence-electron chi connectivity index (χ2n) is 4.21. The highest BCUT2D eigenvalue weighted by molar-refractivity contribution is 7.99. The Morgan fingerprint density at radius 2 is 2.25 bits per heavy atom. The van der Waals surface area contributed by atoms with Crippen LogP contribution in [-0.2, 0) is 0 Å². The largest absolute Gasteiger partial charge is 0.382 e. The summed E-state index contributed by atoms with van der Waals surface area (Å²) in [6.45, 7) is 0. The van der Waals surface area contributed by atoms with Crippen LogP contribution in [0.15, 0.2) is 12.1 Å². The van der Waals surface area contributed by atoms with Crippen LogP contribution in [0, 0.1) is 0 Å². The first-order chi connectivity index (χ1) is 7.78. The summed E-state index contributed by atoms with van der Waals surface area (Å²) < 4.78 is 0. The van der Waals surface area contributed by atoms with Gasteiger partial charge in [0.05, 0.1) is 0 Å². The lowest BCUT2D eigenvalue weighted by Crippen LogP contribution is -2.28. The van der Waals surface area contributed by atoms with Gasteiger partial charge in [0.15, 0.2) is 0 Å². The molecule has 3 N–H and O–H groups in total. The highest BCUT2D eigenvalue weighted by atomic mass is 32.2. The predicted molar refractivity (Wildman–Crippen MR) is 69.6 cm³/mol. The summed E-state index contributed by atoms with van der Waals surface area (Å²) in [5, 5.41) is 12.1. The molecule has 0 amide bonds. The van der Waals surface area contributed by atoms with Gasteiger partial charge in [0, 0.05) is 11.3 Å². The molecule has 88 valence electrons. The average molecular weight is 238 g/mol. The topological polar surface area (TPSA) is 63.8 Å². The summed E-state index contributed by atoms with van der Waals surface area (Å²) in [6, 6.07) is 4.21. The lowest BCUT2D eigenvalue weighted by molar-refractivity contribution is 0.472. The number of nitrogens with zero attached hydrogens (tertiary/aromatic N) is 2. The van der Waals surface area contributed by atoms with E-state index in [1.54, 1.807) is 6.07 Å². The minimum absolute atomic E-state index is 0.469. The molecular formula is C11H18N4S. The fourth-order valence-electron chi connectivity index (χ4n) is 2.12. The van der Waals surface area contributed by atoms with Gasteiger partial charge in [-0.25, -0.2) is 0 Å². The Kier molecular flexibility index (Phi) is 3.88. The van der Waals surface area contributed by atoms with Crippen LogP contribution in [0.1, 0.15) is 25.7 Å². The monoisotopic (exact) mass is 238 g/mol. The molecule has 1 saturated carbocycles. The third kappa shape index (κ3) is 3.01. The van der Waals surface area contributed by atoms with Crippen LogP contribution < -0.4 is 11.1 Å². The van der Waals surface area contributed by atoms with E-state index in [2.05, 4.69) is 21.8 Å². The number of hydrogen-bond donors (Lipinski definition) is 2. The summed E-state index contributed by atoms with van der Waals surface area (Å²) in [5.41, 5.74) is 5.50. The lowest BCUT2D eigenvalue weighted by atomic mass is 9.95. The molecule has 5 heteroatoms. The van der Waals surface area contributed by atoms with Crippen molar-refractivity contribution in [3.05, 3.63) is 12.1 Å². The van der Waals surface area contributed by atoms with Gasteiger partial charge in [0.25, 0.3) is 0 Å². The Morgan fingerprint density at radius 3 is 2.94 bits per heavy atom. The Hall–Kier alpha value is -0.970. The van der Waals surface area contributed by atoms with Crippen LogP contribution in [0.5, 0.6) is 0 Å². The molecule has 1 aliphatic carbocycles. The standard InChI is InChI=1S/C11H18N4S/c1-16-9-4-2-3-8(7-9)13-11-6-5-10(12)14-15-11/h5-6,8-9H,2-4,7H2,1H3,(H2,12,14)(H,13,15). The summed E-state index contributed by atoms with van der Waals surface area (Å²) in [5.74, 6) is 1.30. The Morgan fingerprint density at radius 1 is 1.38 bits per heavy atom. The number of anilines is 2. The molecule has 1 heterocycles. The van der Waals surface area contributed by atoms with Crippen LogP contribution in [-0.4, -0.2) is 27.7 Å².